The number of nitrogens with zero attached hydrogens (tertiary/aromatic N) is 2. The van der Waals surface area contributed by atoms with Crippen LogP contribution in [0.2, 0.25) is 0 Å². The molecule has 1 unspecified atom stereocenters. The predicted molar refractivity (Wildman–Crippen MR) is 78.1 cm³/mol. The summed E-state index contributed by atoms with van der Waals surface area (Å²) in [5.74, 6) is 0.578. The van der Waals surface area contributed by atoms with E-state index < -0.39 is 0 Å². The lowest BCUT2D eigenvalue weighted by Gasteiger charge is -2.28. The molecule has 1 atom stereocenters. The van der Waals surface area contributed by atoms with Crippen molar-refractivity contribution >= 4 is 5.82 Å². The highest BCUT2D eigenvalue weighted by molar-refractivity contribution is 5.48. The van der Waals surface area contributed by atoms with Crippen LogP contribution in [0.15, 0.2) is 36.5 Å². The summed E-state index contributed by atoms with van der Waals surface area (Å²) in [5.41, 5.74) is 2.38. The summed E-state index contributed by atoms with van der Waals surface area (Å²) in [6.45, 7) is 3.85. The van der Waals surface area contributed by atoms with Gasteiger partial charge in [-0.05, 0) is 37.1 Å². The number of rotatable bonds is 4. The summed E-state index contributed by atoms with van der Waals surface area (Å²) in [6.07, 6.45) is 1.65. The van der Waals surface area contributed by atoms with Gasteiger partial charge in [0.25, 0.3) is 0 Å². The molecular weight excluding hydrogens is 255 g/mol. The molecule has 0 saturated heterocycles. The van der Waals surface area contributed by atoms with Crippen LogP contribution >= 0.6 is 0 Å². The van der Waals surface area contributed by atoms with Gasteiger partial charge in [0.1, 0.15) is 11.6 Å². The highest BCUT2D eigenvalue weighted by Crippen LogP contribution is 2.27. The third kappa shape index (κ3) is 2.80. The van der Waals surface area contributed by atoms with Crippen LogP contribution < -0.4 is 4.90 Å². The van der Waals surface area contributed by atoms with E-state index in [2.05, 4.69) is 4.98 Å². The van der Waals surface area contributed by atoms with Gasteiger partial charge in [0.2, 0.25) is 0 Å². The number of anilines is 1. The van der Waals surface area contributed by atoms with Crippen molar-refractivity contribution in [2.45, 2.75) is 26.5 Å². The minimum Gasteiger partial charge on any atom is -0.392 e. The fourth-order valence-corrected chi connectivity index (χ4v) is 2.29. The van der Waals surface area contributed by atoms with Crippen molar-refractivity contribution in [3.05, 3.63) is 59.0 Å². The Labute approximate surface area is 118 Å². The molecule has 2 rings (SSSR count). The molecule has 3 nitrogen and oxygen atoms in total. The summed E-state index contributed by atoms with van der Waals surface area (Å²) in [4.78, 5) is 6.31. The second kappa shape index (κ2) is 6.01. The monoisotopic (exact) mass is 274 g/mol. The summed E-state index contributed by atoms with van der Waals surface area (Å²) in [6, 6.07) is 8.54. The molecule has 0 amide bonds. The van der Waals surface area contributed by atoms with Crippen LogP contribution in [0.4, 0.5) is 10.2 Å². The van der Waals surface area contributed by atoms with Gasteiger partial charge < -0.3 is 10.0 Å². The van der Waals surface area contributed by atoms with Gasteiger partial charge in [-0.15, -0.1) is 0 Å². The predicted octanol–water partition coefficient (Wildman–Crippen LogP) is 3.22. The summed E-state index contributed by atoms with van der Waals surface area (Å²) >= 11 is 0. The number of aliphatic hydroxyl groups is 1. The van der Waals surface area contributed by atoms with Gasteiger partial charge in [-0.3, -0.25) is 0 Å². The molecule has 0 saturated carbocycles. The van der Waals surface area contributed by atoms with E-state index in [-0.39, 0.29) is 18.5 Å². The Morgan fingerprint density at radius 1 is 1.35 bits per heavy atom. The number of pyridine rings is 1. The zero-order valence-electron chi connectivity index (χ0n) is 12.0. The second-order valence-corrected chi connectivity index (χ2v) is 4.95. The van der Waals surface area contributed by atoms with Crippen LogP contribution in [0.5, 0.6) is 0 Å². The molecule has 0 bridgehead atoms. The fourth-order valence-electron chi connectivity index (χ4n) is 2.29. The van der Waals surface area contributed by atoms with Gasteiger partial charge in [-0.2, -0.15) is 0 Å². The molecule has 106 valence electrons. The quantitative estimate of drug-likeness (QED) is 0.930. The van der Waals surface area contributed by atoms with Gasteiger partial charge in [0.05, 0.1) is 12.6 Å². The van der Waals surface area contributed by atoms with Gasteiger partial charge >= 0.3 is 0 Å². The third-order valence-electron chi connectivity index (χ3n) is 3.56. The van der Waals surface area contributed by atoms with Crippen LogP contribution in [0.25, 0.3) is 0 Å². The Hall–Kier alpha value is -1.94. The molecule has 2 aromatic rings. The maximum atomic E-state index is 13.9. The lowest BCUT2D eigenvalue weighted by molar-refractivity contribution is 0.281. The normalized spacial score (nSPS) is 12.2. The Kier molecular flexibility index (Phi) is 4.35. The minimum absolute atomic E-state index is 0.0271. The lowest BCUT2D eigenvalue weighted by Crippen LogP contribution is -2.24. The Morgan fingerprint density at radius 2 is 2.05 bits per heavy atom. The summed E-state index contributed by atoms with van der Waals surface area (Å²) < 4.78 is 13.9. The van der Waals surface area contributed by atoms with E-state index in [1.54, 1.807) is 18.3 Å². The number of aryl methyl sites for hydroxylation is 1. The zero-order valence-corrected chi connectivity index (χ0v) is 12.0. The van der Waals surface area contributed by atoms with Crippen LogP contribution in [-0.4, -0.2) is 17.1 Å². The van der Waals surface area contributed by atoms with Crippen LogP contribution in [0, 0.1) is 12.7 Å². The molecule has 20 heavy (non-hydrogen) atoms. The topological polar surface area (TPSA) is 36.4 Å². The van der Waals surface area contributed by atoms with E-state index in [1.807, 2.05) is 37.9 Å². The van der Waals surface area contributed by atoms with Crippen molar-refractivity contribution in [3.8, 4) is 0 Å². The van der Waals surface area contributed by atoms with E-state index in [1.165, 1.54) is 6.07 Å². The van der Waals surface area contributed by atoms with Crippen LogP contribution in [0.3, 0.4) is 0 Å². The first-order chi connectivity index (χ1) is 9.54. The molecule has 4 heteroatoms. The van der Waals surface area contributed by atoms with Crippen molar-refractivity contribution in [2.24, 2.45) is 0 Å². The first-order valence-corrected chi connectivity index (χ1v) is 6.58. The van der Waals surface area contributed by atoms with Gasteiger partial charge in [-0.25, -0.2) is 9.37 Å². The van der Waals surface area contributed by atoms with E-state index in [0.717, 1.165) is 16.9 Å². The maximum Gasteiger partial charge on any atom is 0.131 e. The molecule has 1 aromatic heterocycles. The Bertz CT molecular complexity index is 601. The highest BCUT2D eigenvalue weighted by atomic mass is 19.1. The van der Waals surface area contributed by atoms with Gasteiger partial charge in [0.15, 0.2) is 0 Å². The van der Waals surface area contributed by atoms with E-state index in [0.29, 0.717) is 5.56 Å². The highest BCUT2D eigenvalue weighted by Gasteiger charge is 2.18. The molecule has 1 aromatic carbocycles. The smallest absolute Gasteiger partial charge is 0.131 e. The largest absolute Gasteiger partial charge is 0.392 e. The van der Waals surface area contributed by atoms with Crippen LogP contribution in [-0.2, 0) is 6.61 Å². The average Bonchev–Trinajstić information content (AvgIpc) is 2.46. The number of aliphatic hydroxyl groups excluding tert-OH is 1. The molecule has 0 aliphatic heterocycles. The maximum absolute atomic E-state index is 13.9. The van der Waals surface area contributed by atoms with Crippen molar-refractivity contribution < 1.29 is 9.50 Å². The number of halogens is 1. The number of aromatic nitrogens is 1. The van der Waals surface area contributed by atoms with Crippen molar-refractivity contribution in [1.29, 1.82) is 0 Å². The van der Waals surface area contributed by atoms with Crippen molar-refractivity contribution in [1.82, 2.24) is 4.98 Å². The molecule has 0 spiro atoms. The molecule has 1 N–H and O–H groups in total. The van der Waals surface area contributed by atoms with Crippen LogP contribution in [0.1, 0.15) is 29.7 Å². The molecule has 1 heterocycles. The molecular formula is C16H19FN2O. The third-order valence-corrected chi connectivity index (χ3v) is 3.56. The standard InChI is InChI=1S/C16H19FN2O/c1-11-8-13(10-20)9-18-16(11)19(3)12(2)14-6-4-5-7-15(14)17/h4-9,12,20H,10H2,1-3H3. The van der Waals surface area contributed by atoms with Crippen molar-refractivity contribution in [2.75, 3.05) is 11.9 Å². The summed E-state index contributed by atoms with van der Waals surface area (Å²) in [7, 11) is 1.89. The SMILES string of the molecule is Cc1cc(CO)cnc1N(C)C(C)c1ccccc1F. The zero-order chi connectivity index (χ0) is 14.7. The van der Waals surface area contributed by atoms with E-state index >= 15 is 0 Å². The molecule has 0 fully saturated rings. The molecule has 0 aliphatic rings. The second-order valence-electron chi connectivity index (χ2n) is 4.95. The van der Waals surface area contributed by atoms with E-state index in [9.17, 15) is 4.39 Å². The number of hydrogen-bond donors (Lipinski definition) is 1. The van der Waals surface area contributed by atoms with Gasteiger partial charge in [-0.1, -0.05) is 18.2 Å². The first-order valence-electron chi connectivity index (χ1n) is 6.58. The molecule has 0 aliphatic carbocycles. The van der Waals surface area contributed by atoms with Crippen molar-refractivity contribution in [3.63, 3.8) is 0 Å². The molecule has 0 radical (unpaired) electrons. The number of benzene rings is 1. The Balaban J connectivity index is 2.31. The van der Waals surface area contributed by atoms with Gasteiger partial charge in [0, 0.05) is 18.8 Å². The number of hydrogen-bond acceptors (Lipinski definition) is 3. The minimum atomic E-state index is -0.212. The average molecular weight is 274 g/mol. The fraction of sp³-hybridized carbons (Fsp3) is 0.312. The van der Waals surface area contributed by atoms with E-state index in [4.69, 9.17) is 5.11 Å². The first kappa shape index (κ1) is 14.5. The lowest BCUT2D eigenvalue weighted by atomic mass is 10.1. The Morgan fingerprint density at radius 3 is 2.65 bits per heavy atom. The summed E-state index contributed by atoms with van der Waals surface area (Å²) in [5, 5.41) is 9.11.